The van der Waals surface area contributed by atoms with Gasteiger partial charge >= 0.3 is 12.1 Å². The van der Waals surface area contributed by atoms with Crippen molar-refractivity contribution in [2.45, 2.75) is 59.3 Å². The van der Waals surface area contributed by atoms with Gasteiger partial charge in [-0.25, -0.2) is 14.6 Å². The van der Waals surface area contributed by atoms with Gasteiger partial charge < -0.3 is 25.2 Å². The number of esters is 1. The summed E-state index contributed by atoms with van der Waals surface area (Å²) >= 11 is 1.15. The van der Waals surface area contributed by atoms with E-state index in [2.05, 4.69) is 15.6 Å². The molecule has 0 saturated carbocycles. The van der Waals surface area contributed by atoms with Crippen LogP contribution in [0.25, 0.3) is 5.70 Å². The minimum absolute atomic E-state index is 0.134. The number of allylic oxidation sites excluding steroid dienone is 1. The Labute approximate surface area is 168 Å². The Morgan fingerprint density at radius 1 is 1.36 bits per heavy atom. The largest absolute Gasteiger partial charge is 0.461 e. The molecule has 1 heterocycles. The molecule has 0 aromatic carbocycles. The van der Waals surface area contributed by atoms with Crippen LogP contribution in [0.4, 0.5) is 4.79 Å². The lowest BCUT2D eigenvalue weighted by molar-refractivity contribution is -0.124. The topological polar surface area (TPSA) is 127 Å². The first-order valence-electron chi connectivity index (χ1n) is 8.76. The van der Waals surface area contributed by atoms with Crippen molar-refractivity contribution in [2.75, 3.05) is 6.61 Å². The molecule has 0 saturated heterocycles. The fourth-order valence-electron chi connectivity index (χ4n) is 2.00. The molecule has 0 bridgehead atoms. The number of nitrogens with one attached hydrogen (secondary N) is 2. The first-order valence-corrected chi connectivity index (χ1v) is 9.64. The molecular formula is C18H27N3O6S. The van der Waals surface area contributed by atoms with Crippen LogP contribution in [0.3, 0.4) is 0 Å². The Morgan fingerprint density at radius 3 is 2.50 bits per heavy atom. The van der Waals surface area contributed by atoms with Gasteiger partial charge in [0.2, 0.25) is 5.91 Å². The Hall–Kier alpha value is -2.46. The zero-order valence-corrected chi connectivity index (χ0v) is 17.7. The molecule has 10 heteroatoms. The standard InChI is InChI=1S/C18H27N3O6S/c1-7-11(15-20-12(9-28-15)16(24)26-8-2)19-14(23)13(10(3)22)21-17(25)27-18(4,5)6/h7,9-10,13,22H,8H2,1-6H3,(H,19,23)(H,21,25)/b11-7-/t10-,13+/m1/s1. The fraction of sp³-hybridized carbons (Fsp3) is 0.556. The molecule has 0 radical (unpaired) electrons. The lowest BCUT2D eigenvalue weighted by atomic mass is 10.1. The van der Waals surface area contributed by atoms with Crippen molar-refractivity contribution in [3.8, 4) is 0 Å². The second-order valence-electron chi connectivity index (χ2n) is 6.81. The predicted octanol–water partition coefficient (Wildman–Crippen LogP) is 2.07. The minimum atomic E-state index is -1.24. The van der Waals surface area contributed by atoms with Crippen molar-refractivity contribution < 1.29 is 29.0 Å². The summed E-state index contributed by atoms with van der Waals surface area (Å²) in [5, 5.41) is 16.8. The zero-order valence-electron chi connectivity index (χ0n) is 16.9. The van der Waals surface area contributed by atoms with Gasteiger partial charge in [0.15, 0.2) is 5.69 Å². The molecule has 0 aliphatic carbocycles. The Kier molecular flexibility index (Phi) is 8.58. The van der Waals surface area contributed by atoms with Crippen LogP contribution in [-0.2, 0) is 14.3 Å². The van der Waals surface area contributed by atoms with Crippen LogP contribution >= 0.6 is 11.3 Å². The van der Waals surface area contributed by atoms with Crippen molar-refractivity contribution in [2.24, 2.45) is 0 Å². The van der Waals surface area contributed by atoms with Gasteiger partial charge in [-0.05, 0) is 41.5 Å². The van der Waals surface area contributed by atoms with Crippen LogP contribution in [-0.4, -0.2) is 52.4 Å². The average molecular weight is 413 g/mol. The number of carbonyl (C=O) groups excluding carboxylic acids is 3. The third-order valence-corrected chi connectivity index (χ3v) is 4.08. The molecule has 1 aromatic rings. The van der Waals surface area contributed by atoms with Gasteiger partial charge in [-0.3, -0.25) is 4.79 Å². The molecular weight excluding hydrogens is 386 g/mol. The van der Waals surface area contributed by atoms with Crippen molar-refractivity contribution in [1.29, 1.82) is 0 Å². The molecule has 156 valence electrons. The zero-order chi connectivity index (χ0) is 21.5. The average Bonchev–Trinajstić information content (AvgIpc) is 3.05. The molecule has 3 N–H and O–H groups in total. The minimum Gasteiger partial charge on any atom is -0.461 e. The molecule has 2 atom stereocenters. The van der Waals surface area contributed by atoms with E-state index < -0.39 is 35.7 Å². The summed E-state index contributed by atoms with van der Waals surface area (Å²) in [6.45, 7) is 10.0. The van der Waals surface area contributed by atoms with Gasteiger partial charge in [-0.15, -0.1) is 11.3 Å². The summed E-state index contributed by atoms with van der Waals surface area (Å²) in [6, 6.07) is -1.24. The first kappa shape index (κ1) is 23.6. The Balaban J connectivity index is 2.88. The molecule has 9 nitrogen and oxygen atoms in total. The maximum atomic E-state index is 12.6. The van der Waals surface area contributed by atoms with Crippen LogP contribution < -0.4 is 10.6 Å². The van der Waals surface area contributed by atoms with Gasteiger partial charge in [0, 0.05) is 5.38 Å². The van der Waals surface area contributed by atoms with Gasteiger partial charge in [0.05, 0.1) is 18.4 Å². The molecule has 28 heavy (non-hydrogen) atoms. The number of aliphatic hydroxyl groups is 1. The van der Waals surface area contributed by atoms with Gasteiger partial charge in [-0.1, -0.05) is 6.08 Å². The number of aliphatic hydroxyl groups excluding tert-OH is 1. The Morgan fingerprint density at radius 2 is 2.00 bits per heavy atom. The summed E-state index contributed by atoms with van der Waals surface area (Å²) in [5.41, 5.74) is -0.278. The summed E-state index contributed by atoms with van der Waals surface area (Å²) in [6.07, 6.45) is -0.399. The normalized spacial score (nSPS) is 14.0. The lowest BCUT2D eigenvalue weighted by Crippen LogP contribution is -2.53. The molecule has 1 rings (SSSR count). The van der Waals surface area contributed by atoms with Crippen molar-refractivity contribution in [1.82, 2.24) is 15.6 Å². The van der Waals surface area contributed by atoms with E-state index in [0.717, 1.165) is 11.3 Å². The first-order chi connectivity index (χ1) is 13.0. The SMILES string of the molecule is C/C=C(\NC(=O)[C@@H](NC(=O)OC(C)(C)C)[C@@H](C)O)c1nc(C(=O)OCC)cs1. The van der Waals surface area contributed by atoms with E-state index in [9.17, 15) is 19.5 Å². The quantitative estimate of drug-likeness (QED) is 0.584. The number of alkyl carbamates (subject to hydrolysis) is 1. The summed E-state index contributed by atoms with van der Waals surface area (Å²) in [7, 11) is 0. The third-order valence-electron chi connectivity index (χ3n) is 3.20. The lowest BCUT2D eigenvalue weighted by Gasteiger charge is -2.24. The maximum Gasteiger partial charge on any atom is 0.408 e. The predicted molar refractivity (Wildman–Crippen MR) is 105 cm³/mol. The maximum absolute atomic E-state index is 12.6. The van der Waals surface area contributed by atoms with E-state index in [4.69, 9.17) is 9.47 Å². The van der Waals surface area contributed by atoms with Crippen LogP contribution in [0.15, 0.2) is 11.5 Å². The molecule has 2 amide bonds. The smallest absolute Gasteiger partial charge is 0.408 e. The number of nitrogens with zero attached hydrogens (tertiary/aromatic N) is 1. The molecule has 0 fully saturated rings. The third kappa shape index (κ3) is 7.28. The van der Waals surface area contributed by atoms with Crippen LogP contribution in [0.1, 0.15) is 57.0 Å². The molecule has 1 aromatic heterocycles. The highest BCUT2D eigenvalue weighted by Gasteiger charge is 2.29. The van der Waals surface area contributed by atoms with Crippen molar-refractivity contribution >= 4 is 35.0 Å². The van der Waals surface area contributed by atoms with E-state index in [1.807, 2.05) is 0 Å². The van der Waals surface area contributed by atoms with Gasteiger partial charge in [-0.2, -0.15) is 0 Å². The monoisotopic (exact) mass is 413 g/mol. The molecule has 0 spiro atoms. The highest BCUT2D eigenvalue weighted by Crippen LogP contribution is 2.18. The number of hydrogen-bond acceptors (Lipinski definition) is 8. The van der Waals surface area contributed by atoms with Gasteiger partial charge in [0.1, 0.15) is 16.7 Å². The number of carbonyl (C=O) groups is 3. The second-order valence-corrected chi connectivity index (χ2v) is 7.67. The van der Waals surface area contributed by atoms with Crippen LogP contribution in [0.5, 0.6) is 0 Å². The molecule has 0 aliphatic heterocycles. The highest BCUT2D eigenvalue weighted by atomic mass is 32.1. The van der Waals surface area contributed by atoms with E-state index >= 15 is 0 Å². The number of hydrogen-bond donors (Lipinski definition) is 3. The summed E-state index contributed by atoms with van der Waals surface area (Å²) in [4.78, 5) is 40.4. The number of rotatable bonds is 7. The number of amides is 2. The fourth-order valence-corrected chi connectivity index (χ4v) is 2.81. The number of thiazole rings is 1. The summed E-state index contributed by atoms with van der Waals surface area (Å²) < 4.78 is 10.0. The summed E-state index contributed by atoms with van der Waals surface area (Å²) in [5.74, 6) is -1.21. The molecule has 0 aliphatic rings. The van der Waals surface area contributed by atoms with Crippen molar-refractivity contribution in [3.05, 3.63) is 22.2 Å². The Bertz CT molecular complexity index is 736. The number of ether oxygens (including phenoxy) is 2. The van der Waals surface area contributed by atoms with E-state index in [1.165, 1.54) is 12.3 Å². The van der Waals surface area contributed by atoms with E-state index in [0.29, 0.717) is 10.7 Å². The van der Waals surface area contributed by atoms with Gasteiger partial charge in [0.25, 0.3) is 0 Å². The van der Waals surface area contributed by atoms with Crippen LogP contribution in [0.2, 0.25) is 0 Å². The van der Waals surface area contributed by atoms with Crippen molar-refractivity contribution in [3.63, 3.8) is 0 Å². The second kappa shape index (κ2) is 10.2. The highest BCUT2D eigenvalue weighted by molar-refractivity contribution is 7.11. The molecule has 0 unspecified atom stereocenters. The van der Waals surface area contributed by atoms with E-state index in [1.54, 1.807) is 40.7 Å². The van der Waals surface area contributed by atoms with Crippen LogP contribution in [0, 0.1) is 0 Å². The number of aromatic nitrogens is 1. The van der Waals surface area contributed by atoms with E-state index in [-0.39, 0.29) is 12.3 Å².